The van der Waals surface area contributed by atoms with Crippen molar-refractivity contribution >= 4 is 28.8 Å². The van der Waals surface area contributed by atoms with Crippen LogP contribution in [-0.4, -0.2) is 49.8 Å². The molecule has 0 saturated carbocycles. The monoisotopic (exact) mass is 413 g/mol. The normalized spacial score (nSPS) is 17.9. The summed E-state index contributed by atoms with van der Waals surface area (Å²) in [7, 11) is 0. The third kappa shape index (κ3) is 3.49. The molecule has 0 aromatic heterocycles. The molecule has 1 atom stereocenters. The van der Waals surface area contributed by atoms with Gasteiger partial charge in [0.05, 0.1) is 33.6 Å². The molecule has 1 aliphatic rings. The molecule has 2 N–H and O–H groups in total. The first-order valence-corrected chi connectivity index (χ1v) is 8.65. The van der Waals surface area contributed by atoms with Gasteiger partial charge in [0.25, 0.3) is 23.1 Å². The fourth-order valence-corrected chi connectivity index (χ4v) is 3.32. The highest BCUT2D eigenvalue weighted by Gasteiger charge is 2.47. The molecule has 1 heterocycles. The molecule has 0 spiro atoms. The summed E-state index contributed by atoms with van der Waals surface area (Å²) in [5.74, 6) is -2.75. The van der Waals surface area contributed by atoms with Crippen molar-refractivity contribution in [2.24, 2.45) is 0 Å². The molecule has 0 bridgehead atoms. The summed E-state index contributed by atoms with van der Waals surface area (Å²) in [6.07, 6.45) is 0. The Bertz CT molecular complexity index is 1080. The molecule has 0 unspecified atom stereocenters. The Morgan fingerprint density at radius 1 is 1.00 bits per heavy atom. The Hall–Kier alpha value is -4.12. The number of likely N-dealkylation sites (tertiary alicyclic amines) is 1. The number of non-ortho nitro benzene ring substituents is 1. The van der Waals surface area contributed by atoms with E-state index in [1.807, 2.05) is 0 Å². The molecule has 1 saturated heterocycles. The maximum absolute atomic E-state index is 12.7. The largest absolute Gasteiger partial charge is 0.507 e. The van der Waals surface area contributed by atoms with Crippen molar-refractivity contribution in [1.29, 1.82) is 0 Å². The van der Waals surface area contributed by atoms with Crippen LogP contribution in [0.5, 0.6) is 0 Å². The van der Waals surface area contributed by atoms with E-state index in [1.165, 1.54) is 36.4 Å². The van der Waals surface area contributed by atoms with Crippen molar-refractivity contribution in [1.82, 2.24) is 4.90 Å². The fourth-order valence-electron chi connectivity index (χ4n) is 3.32. The molecule has 1 amide bonds. The van der Waals surface area contributed by atoms with Gasteiger partial charge in [-0.3, -0.25) is 29.8 Å². The molecule has 11 nitrogen and oxygen atoms in total. The molecular weight excluding hydrogens is 398 g/mol. The van der Waals surface area contributed by atoms with Crippen LogP contribution >= 0.6 is 0 Å². The van der Waals surface area contributed by atoms with Crippen LogP contribution in [0.25, 0.3) is 5.76 Å². The molecule has 3 rings (SSSR count). The number of rotatable bonds is 6. The molecule has 0 aliphatic carbocycles. The SMILES string of the molecule is O=C1C(=O)N(CCO)[C@@H](c2ccccc2[N+](=O)[O-])C1=C(O)c1ccc([N+](=O)[O-])cc1. The Morgan fingerprint density at radius 2 is 1.63 bits per heavy atom. The lowest BCUT2D eigenvalue weighted by atomic mass is 9.94. The van der Waals surface area contributed by atoms with Crippen molar-refractivity contribution in [3.63, 3.8) is 0 Å². The van der Waals surface area contributed by atoms with E-state index < -0.39 is 45.5 Å². The average Bonchev–Trinajstić information content (AvgIpc) is 2.98. The maximum Gasteiger partial charge on any atom is 0.295 e. The first-order chi connectivity index (χ1) is 14.3. The second kappa shape index (κ2) is 8.09. The van der Waals surface area contributed by atoms with E-state index in [2.05, 4.69) is 0 Å². The van der Waals surface area contributed by atoms with E-state index in [4.69, 9.17) is 0 Å². The quantitative estimate of drug-likeness (QED) is 0.238. The summed E-state index contributed by atoms with van der Waals surface area (Å²) in [6, 6.07) is 8.74. The number of para-hydroxylation sites is 1. The number of Topliss-reactive ketones (excluding diaryl/α,β-unsaturated/α-hetero) is 1. The lowest BCUT2D eigenvalue weighted by Gasteiger charge is -2.24. The van der Waals surface area contributed by atoms with Crippen LogP contribution in [0.1, 0.15) is 17.2 Å². The van der Waals surface area contributed by atoms with Crippen LogP contribution < -0.4 is 0 Å². The van der Waals surface area contributed by atoms with Gasteiger partial charge in [0.1, 0.15) is 5.76 Å². The Morgan fingerprint density at radius 3 is 2.20 bits per heavy atom. The summed E-state index contributed by atoms with van der Waals surface area (Å²) in [4.78, 5) is 47.1. The number of amides is 1. The average molecular weight is 413 g/mol. The van der Waals surface area contributed by atoms with E-state index in [1.54, 1.807) is 0 Å². The molecule has 1 aliphatic heterocycles. The predicted octanol–water partition coefficient (Wildman–Crippen LogP) is 1.92. The molecule has 0 radical (unpaired) electrons. The molecule has 30 heavy (non-hydrogen) atoms. The van der Waals surface area contributed by atoms with Crippen molar-refractivity contribution in [3.05, 3.63) is 85.5 Å². The Balaban J connectivity index is 2.23. The highest BCUT2D eigenvalue weighted by molar-refractivity contribution is 6.46. The summed E-state index contributed by atoms with van der Waals surface area (Å²) in [5.41, 5.74) is -1.02. The van der Waals surface area contributed by atoms with Crippen molar-refractivity contribution in [2.75, 3.05) is 13.2 Å². The highest BCUT2D eigenvalue weighted by atomic mass is 16.6. The number of carbonyl (C=O) groups is 2. The lowest BCUT2D eigenvalue weighted by Crippen LogP contribution is -2.32. The van der Waals surface area contributed by atoms with Gasteiger partial charge in [-0.15, -0.1) is 0 Å². The number of aliphatic hydroxyl groups excluding tert-OH is 2. The van der Waals surface area contributed by atoms with E-state index in [0.717, 1.165) is 17.0 Å². The minimum absolute atomic E-state index is 0.0152. The number of hydrogen-bond donors (Lipinski definition) is 2. The van der Waals surface area contributed by atoms with Gasteiger partial charge in [0, 0.05) is 30.3 Å². The number of nitro benzene ring substituents is 2. The van der Waals surface area contributed by atoms with Gasteiger partial charge in [0.15, 0.2) is 0 Å². The van der Waals surface area contributed by atoms with Crippen molar-refractivity contribution < 1.29 is 29.6 Å². The third-order valence-electron chi connectivity index (χ3n) is 4.66. The first kappa shape index (κ1) is 20.6. The fraction of sp³-hybridized carbons (Fsp3) is 0.158. The number of nitro groups is 2. The number of aliphatic hydroxyl groups is 2. The van der Waals surface area contributed by atoms with E-state index >= 15 is 0 Å². The summed E-state index contributed by atoms with van der Waals surface area (Å²) < 4.78 is 0. The molecule has 11 heteroatoms. The van der Waals surface area contributed by atoms with Gasteiger partial charge in [0.2, 0.25) is 0 Å². The minimum atomic E-state index is -1.31. The van der Waals surface area contributed by atoms with Crippen LogP contribution in [0.3, 0.4) is 0 Å². The van der Waals surface area contributed by atoms with E-state index in [9.17, 15) is 40.0 Å². The molecule has 1 fully saturated rings. The van der Waals surface area contributed by atoms with Gasteiger partial charge in [-0.05, 0) is 18.2 Å². The predicted molar refractivity (Wildman–Crippen MR) is 102 cm³/mol. The zero-order chi connectivity index (χ0) is 22.0. The second-order valence-electron chi connectivity index (χ2n) is 6.34. The standard InChI is InChI=1S/C19H15N3O8/c23-10-9-20-16(13-3-1-2-4-14(13)22(29)30)15(18(25)19(20)26)17(24)11-5-7-12(8-6-11)21(27)28/h1-8,16,23-24H,9-10H2/t16-/m0/s1. The lowest BCUT2D eigenvalue weighted by molar-refractivity contribution is -0.385. The number of nitrogens with zero attached hydrogens (tertiary/aromatic N) is 3. The highest BCUT2D eigenvalue weighted by Crippen LogP contribution is 2.42. The maximum atomic E-state index is 12.7. The number of hydrogen-bond acceptors (Lipinski definition) is 8. The Labute approximate surface area is 168 Å². The summed E-state index contributed by atoms with van der Waals surface area (Å²) in [5, 5.41) is 42.4. The second-order valence-corrected chi connectivity index (χ2v) is 6.34. The minimum Gasteiger partial charge on any atom is -0.507 e. The topological polar surface area (TPSA) is 164 Å². The van der Waals surface area contributed by atoms with Crippen LogP contribution in [0.2, 0.25) is 0 Å². The Kier molecular flexibility index (Phi) is 5.56. The van der Waals surface area contributed by atoms with Gasteiger partial charge in [-0.25, -0.2) is 0 Å². The van der Waals surface area contributed by atoms with Crippen LogP contribution in [0.15, 0.2) is 54.1 Å². The van der Waals surface area contributed by atoms with Crippen molar-refractivity contribution in [2.45, 2.75) is 6.04 Å². The van der Waals surface area contributed by atoms with Gasteiger partial charge >= 0.3 is 0 Å². The van der Waals surface area contributed by atoms with Crippen LogP contribution in [0, 0.1) is 20.2 Å². The molecule has 2 aromatic rings. The summed E-state index contributed by atoms with van der Waals surface area (Å²) >= 11 is 0. The van der Waals surface area contributed by atoms with E-state index in [-0.39, 0.29) is 29.0 Å². The van der Waals surface area contributed by atoms with Gasteiger partial charge in [-0.1, -0.05) is 12.1 Å². The van der Waals surface area contributed by atoms with Crippen LogP contribution in [-0.2, 0) is 9.59 Å². The number of β-amino-alcohol motifs (C(OH)–C–C–N with tert-alkyl or cyclic N) is 1. The molecule has 154 valence electrons. The zero-order valence-corrected chi connectivity index (χ0v) is 15.3. The van der Waals surface area contributed by atoms with Gasteiger partial charge < -0.3 is 15.1 Å². The van der Waals surface area contributed by atoms with Crippen molar-refractivity contribution in [3.8, 4) is 0 Å². The number of benzene rings is 2. The van der Waals surface area contributed by atoms with Gasteiger partial charge in [-0.2, -0.15) is 0 Å². The molecular formula is C19H15N3O8. The van der Waals surface area contributed by atoms with Crippen LogP contribution in [0.4, 0.5) is 11.4 Å². The molecule has 2 aromatic carbocycles. The number of ketones is 1. The van der Waals surface area contributed by atoms with E-state index in [0.29, 0.717) is 0 Å². The third-order valence-corrected chi connectivity index (χ3v) is 4.66. The smallest absolute Gasteiger partial charge is 0.295 e. The zero-order valence-electron chi connectivity index (χ0n) is 15.3. The number of carbonyl (C=O) groups excluding carboxylic acids is 2. The summed E-state index contributed by atoms with van der Waals surface area (Å²) in [6.45, 7) is -0.806. The first-order valence-electron chi connectivity index (χ1n) is 8.65.